The molecular weight excluding hydrogens is 211 g/mol. The molecule has 0 saturated carbocycles. The van der Waals surface area contributed by atoms with Crippen LogP contribution in [0.2, 0.25) is 0 Å². The zero-order chi connectivity index (χ0) is 12.7. The van der Waals surface area contributed by atoms with Gasteiger partial charge >= 0.3 is 118 Å². The zero-order valence-corrected chi connectivity index (χ0v) is 11.2. The van der Waals surface area contributed by atoms with Crippen LogP contribution >= 0.6 is 0 Å². The van der Waals surface area contributed by atoms with Crippen molar-refractivity contribution < 1.29 is 0 Å². The monoisotopic (exact) mass is 226 g/mol. The first-order valence-corrected chi connectivity index (χ1v) is 6.55. The van der Waals surface area contributed by atoms with E-state index in [1.807, 2.05) is 0 Å². The maximum absolute atomic E-state index is 2.29. The third-order valence-electron chi connectivity index (χ3n) is 3.71. The van der Waals surface area contributed by atoms with Gasteiger partial charge in [0.1, 0.15) is 0 Å². The Morgan fingerprint density at radius 3 is 2.44 bits per heavy atom. The first kappa shape index (κ1) is 11.8. The Kier molecular flexibility index (Phi) is 2.94. The molecule has 1 aliphatic carbocycles. The van der Waals surface area contributed by atoms with E-state index < -0.39 is 0 Å². The average Bonchev–Trinajstić information content (AvgIpc) is 2.70. The first-order chi connectivity index (χ1) is 8.65. The molecule has 0 saturated heterocycles. The van der Waals surface area contributed by atoms with Gasteiger partial charge in [-0.1, -0.05) is 0 Å². The second-order valence-electron chi connectivity index (χ2n) is 5.33. The fourth-order valence-corrected chi connectivity index (χ4v) is 2.89. The van der Waals surface area contributed by atoms with Crippen molar-refractivity contribution in [2.45, 2.75) is 18.4 Å². The molecule has 0 aromatic heterocycles. The van der Waals surface area contributed by atoms with E-state index >= 15 is 0 Å². The molecule has 0 radical (unpaired) electrons. The first-order valence-electron chi connectivity index (χ1n) is 6.55. The van der Waals surface area contributed by atoms with Crippen LogP contribution in [-0.2, 0) is 0 Å². The molecule has 0 heterocycles. The van der Waals surface area contributed by atoms with Crippen molar-refractivity contribution >= 4 is 23.8 Å². The normalized spacial score (nSPS) is 17.0. The number of hydrogen-bond acceptors (Lipinski definition) is 0. The minimum absolute atomic E-state index is 0.547. The van der Waals surface area contributed by atoms with E-state index in [2.05, 4.69) is 80.1 Å². The fourth-order valence-electron chi connectivity index (χ4n) is 2.89. The molecule has 0 bridgehead atoms. The summed E-state index contributed by atoms with van der Waals surface area (Å²) in [4.78, 5) is 0. The molecule has 1 aliphatic rings. The van der Waals surface area contributed by atoms with Crippen LogP contribution in [0.1, 0.15) is 26.8 Å². The van der Waals surface area contributed by atoms with Gasteiger partial charge in [-0.05, 0) is 0 Å². The molecule has 1 heteroatoms. The summed E-state index contributed by atoms with van der Waals surface area (Å²) in [5.41, 5.74) is 8.21. The maximum atomic E-state index is 2.29. The molecule has 0 aliphatic heterocycles. The molecule has 84 valence electrons. The van der Waals surface area contributed by atoms with E-state index in [1.165, 1.54) is 33.4 Å². The summed E-state index contributed by atoms with van der Waals surface area (Å²) in [6.07, 6.45) is 4.56. The Bertz CT molecular complexity index is 618. The topological polar surface area (TPSA) is 0 Å². The van der Waals surface area contributed by atoms with Gasteiger partial charge in [-0.3, -0.25) is 0 Å². The molecule has 2 aromatic carbocycles. The summed E-state index contributed by atoms with van der Waals surface area (Å²) in [5.74, 6) is 0. The summed E-state index contributed by atoms with van der Waals surface area (Å²) in [6, 6.07) is 13.4. The van der Waals surface area contributed by atoms with Crippen LogP contribution in [0, 0.1) is 13.8 Å². The summed E-state index contributed by atoms with van der Waals surface area (Å²) in [6.45, 7) is 4.33. The molecular formula is C17H15Li. The van der Waals surface area contributed by atoms with Gasteiger partial charge in [0.15, 0.2) is 0 Å². The average molecular weight is 226 g/mol. The van der Waals surface area contributed by atoms with Gasteiger partial charge in [0.25, 0.3) is 0 Å². The van der Waals surface area contributed by atoms with E-state index in [-0.39, 0.29) is 0 Å². The SMILES string of the molecule is [Li][CH]1C=Cc2c(-c3cc(C)cc(C)c3)cccc21. The standard InChI is InChI=1S/C17H15.Li/c1-12-9-13(2)11-15(10-12)17-8-4-6-14-5-3-7-16(14)17;/h3-11H,1-2H3;. The van der Waals surface area contributed by atoms with E-state index in [0.29, 0.717) is 4.59 Å². The fraction of sp³-hybridized carbons (Fsp3) is 0.176. The second kappa shape index (κ2) is 4.47. The van der Waals surface area contributed by atoms with E-state index in [0.717, 1.165) is 0 Å². The number of hydrogen-bond donors (Lipinski definition) is 0. The van der Waals surface area contributed by atoms with Gasteiger partial charge in [0.05, 0.1) is 0 Å². The number of allylic oxidation sites excluding steroid dienone is 1. The predicted molar refractivity (Wildman–Crippen MR) is 78.9 cm³/mol. The molecule has 0 amide bonds. The third-order valence-corrected chi connectivity index (χ3v) is 3.71. The van der Waals surface area contributed by atoms with Gasteiger partial charge in [-0.25, -0.2) is 0 Å². The molecule has 2 aromatic rings. The van der Waals surface area contributed by atoms with E-state index in [9.17, 15) is 0 Å². The Morgan fingerprint density at radius 1 is 1.00 bits per heavy atom. The summed E-state index contributed by atoms with van der Waals surface area (Å²) < 4.78 is 0.547. The van der Waals surface area contributed by atoms with E-state index in [1.54, 1.807) is 0 Å². The van der Waals surface area contributed by atoms with E-state index in [4.69, 9.17) is 0 Å². The van der Waals surface area contributed by atoms with Gasteiger partial charge in [0.2, 0.25) is 0 Å². The van der Waals surface area contributed by atoms with Gasteiger partial charge in [-0.15, -0.1) is 0 Å². The minimum atomic E-state index is 0.547. The molecule has 0 nitrogen and oxygen atoms in total. The molecule has 3 rings (SSSR count). The van der Waals surface area contributed by atoms with Crippen LogP contribution in [0.15, 0.2) is 42.5 Å². The molecule has 1 atom stereocenters. The Morgan fingerprint density at radius 2 is 1.72 bits per heavy atom. The van der Waals surface area contributed by atoms with Crippen molar-refractivity contribution in [1.82, 2.24) is 0 Å². The Balaban J connectivity index is 2.21. The van der Waals surface area contributed by atoms with Crippen LogP contribution in [0.5, 0.6) is 0 Å². The van der Waals surface area contributed by atoms with Crippen molar-refractivity contribution in [2.75, 3.05) is 0 Å². The molecule has 0 N–H and O–H groups in total. The zero-order valence-electron chi connectivity index (χ0n) is 11.2. The van der Waals surface area contributed by atoms with Crippen molar-refractivity contribution in [3.63, 3.8) is 0 Å². The third kappa shape index (κ3) is 1.97. The molecule has 0 fully saturated rings. The Labute approximate surface area is 118 Å². The number of aryl methyl sites for hydroxylation is 2. The Hall–Kier alpha value is -1.22. The van der Waals surface area contributed by atoms with Crippen molar-refractivity contribution in [3.05, 3.63) is 64.7 Å². The quantitative estimate of drug-likeness (QED) is 0.639. The van der Waals surface area contributed by atoms with Gasteiger partial charge in [0, 0.05) is 0 Å². The predicted octanol–water partition coefficient (Wildman–Crippen LogP) is 4.21. The summed E-state index contributed by atoms with van der Waals surface area (Å²) in [5, 5.41) is 0. The second-order valence-corrected chi connectivity index (χ2v) is 5.33. The van der Waals surface area contributed by atoms with Crippen LogP contribution in [-0.4, -0.2) is 17.7 Å². The van der Waals surface area contributed by atoms with Crippen molar-refractivity contribution in [1.29, 1.82) is 0 Å². The van der Waals surface area contributed by atoms with Crippen LogP contribution < -0.4 is 0 Å². The molecule has 0 spiro atoms. The van der Waals surface area contributed by atoms with Crippen LogP contribution in [0.4, 0.5) is 0 Å². The number of rotatable bonds is 1. The number of benzene rings is 2. The molecule has 18 heavy (non-hydrogen) atoms. The van der Waals surface area contributed by atoms with Crippen molar-refractivity contribution in [3.8, 4) is 11.1 Å². The number of fused-ring (bicyclic) bond motifs is 1. The molecule has 1 unspecified atom stereocenters. The summed E-state index contributed by atoms with van der Waals surface area (Å²) in [7, 11) is 0. The van der Waals surface area contributed by atoms with Gasteiger partial charge in [-0.2, -0.15) is 0 Å². The van der Waals surface area contributed by atoms with Gasteiger partial charge < -0.3 is 0 Å². The van der Waals surface area contributed by atoms with Crippen LogP contribution in [0.3, 0.4) is 0 Å². The van der Waals surface area contributed by atoms with Crippen LogP contribution in [0.25, 0.3) is 17.2 Å². The summed E-state index contributed by atoms with van der Waals surface area (Å²) >= 11 is 2.26. The van der Waals surface area contributed by atoms with Crippen molar-refractivity contribution in [2.24, 2.45) is 0 Å².